The summed E-state index contributed by atoms with van der Waals surface area (Å²) in [6.07, 6.45) is 7.91. The molecule has 0 unspecified atom stereocenters. The van der Waals surface area contributed by atoms with Crippen LogP contribution in [0.15, 0.2) is 49.1 Å². The molecule has 0 aromatic carbocycles. The van der Waals surface area contributed by atoms with Crippen LogP contribution < -0.4 is 0 Å². The van der Waals surface area contributed by atoms with Crippen LogP contribution in [0.3, 0.4) is 0 Å². The average molecular weight is 255 g/mol. The first-order valence-corrected chi connectivity index (χ1v) is 10.3. The molecule has 0 heterocycles. The first kappa shape index (κ1) is 16.9. The summed E-state index contributed by atoms with van der Waals surface area (Å²) in [4.78, 5) is 0. The van der Waals surface area contributed by atoms with Crippen molar-refractivity contribution in [2.24, 2.45) is 0 Å². The Balaban J connectivity index is 0. The minimum atomic E-state index is -2.01. The topological polar surface area (TPSA) is 0 Å². The second kappa shape index (κ2) is 4.54. The second-order valence-electron chi connectivity index (χ2n) is 5.38. The van der Waals surface area contributed by atoms with Gasteiger partial charge in [0.15, 0.2) is 0 Å². The Morgan fingerprint density at radius 1 is 0.933 bits per heavy atom. The van der Waals surface area contributed by atoms with Gasteiger partial charge in [0.25, 0.3) is 0 Å². The fourth-order valence-corrected chi connectivity index (χ4v) is 3.18. The summed E-state index contributed by atoms with van der Waals surface area (Å²) in [5.41, 5.74) is 0. The van der Waals surface area contributed by atoms with Crippen molar-refractivity contribution in [2.75, 3.05) is 0 Å². The van der Waals surface area contributed by atoms with Crippen molar-refractivity contribution in [2.45, 2.75) is 35.7 Å². The molecule has 0 aliphatic heterocycles. The standard InChI is InChI=1S/C5H5.2C2H4.5CH3.Co/c1-2-4-5-3-1;2*1-2;;;;;;/h1-3H,4H2;2*1-2H2;5*1H3;. The van der Waals surface area contributed by atoms with Crippen molar-refractivity contribution in [3.8, 4) is 0 Å². The number of rotatable bonds is 1. The van der Waals surface area contributed by atoms with Gasteiger partial charge in [0.2, 0.25) is 0 Å². The molecule has 1 aliphatic rings. The first-order chi connectivity index (χ1) is 6.59. The van der Waals surface area contributed by atoms with E-state index in [0.717, 1.165) is 0 Å². The van der Waals surface area contributed by atoms with Crippen LogP contribution in [0.2, 0.25) is 29.3 Å². The summed E-state index contributed by atoms with van der Waals surface area (Å²) < 4.78 is 1.65. The van der Waals surface area contributed by atoms with E-state index in [-0.39, 0.29) is 0 Å². The van der Waals surface area contributed by atoms with Crippen LogP contribution in [0.25, 0.3) is 0 Å². The van der Waals surface area contributed by atoms with Crippen LogP contribution in [-0.4, -0.2) is 0 Å². The van der Waals surface area contributed by atoms with E-state index >= 15 is 0 Å². The van der Waals surface area contributed by atoms with Gasteiger partial charge in [0.1, 0.15) is 0 Å². The van der Waals surface area contributed by atoms with Gasteiger partial charge in [-0.15, -0.1) is 26.3 Å². The van der Waals surface area contributed by atoms with Crippen LogP contribution in [0.1, 0.15) is 6.42 Å². The molecule has 0 nitrogen and oxygen atoms in total. The predicted molar refractivity (Wildman–Crippen MR) is 73.7 cm³/mol. The molecule has 0 saturated carbocycles. The number of hydrogen-bond acceptors (Lipinski definition) is 0. The van der Waals surface area contributed by atoms with Crippen molar-refractivity contribution < 1.29 is 10.5 Å². The van der Waals surface area contributed by atoms with Crippen molar-refractivity contribution in [1.82, 2.24) is 0 Å². The molecule has 0 N–H and O–H groups in total. The third-order valence-electron chi connectivity index (χ3n) is 1.78. The van der Waals surface area contributed by atoms with Gasteiger partial charge in [-0.3, -0.25) is 0 Å². The minimum absolute atomic E-state index is 1.17. The molecule has 0 bridgehead atoms. The zero-order valence-corrected chi connectivity index (χ0v) is 12.1. The van der Waals surface area contributed by atoms with E-state index in [0.29, 0.717) is 0 Å². The molecule has 15 heavy (non-hydrogen) atoms. The monoisotopic (exact) mass is 255 g/mol. The fraction of sp³-hybridized carbons (Fsp3) is 0.429. The third-order valence-corrected chi connectivity index (χ3v) is 5.51. The molecular formula is C14H28Co. The van der Waals surface area contributed by atoms with Gasteiger partial charge in [-0.2, -0.15) is 0 Å². The van der Waals surface area contributed by atoms with Gasteiger partial charge in [-0.05, 0) is 0 Å². The van der Waals surface area contributed by atoms with Crippen molar-refractivity contribution in [3.63, 3.8) is 0 Å². The van der Waals surface area contributed by atoms with Gasteiger partial charge in [-0.25, -0.2) is 0 Å². The van der Waals surface area contributed by atoms with Gasteiger partial charge >= 0.3 is 69.0 Å². The molecule has 1 aliphatic carbocycles. The Kier molecular flexibility index (Phi) is 5.11. The maximum atomic E-state index is 3.00. The predicted octanol–water partition coefficient (Wildman–Crippen LogP) is 5.90. The molecule has 1 rings (SSSR count). The van der Waals surface area contributed by atoms with Crippen molar-refractivity contribution >= 4 is 0 Å². The Bertz CT molecular complexity index is 256. The van der Waals surface area contributed by atoms with E-state index in [1.807, 2.05) is 0 Å². The summed E-state index contributed by atoms with van der Waals surface area (Å²) in [5.74, 6) is 12.2. The summed E-state index contributed by atoms with van der Waals surface area (Å²) >= 11 is 0. The van der Waals surface area contributed by atoms with E-state index in [1.165, 1.54) is 6.42 Å². The summed E-state index contributed by atoms with van der Waals surface area (Å²) in [5, 5.41) is 0. The Morgan fingerprint density at radius 2 is 1.33 bits per heavy atom. The van der Waals surface area contributed by atoms with Crippen LogP contribution in [0.5, 0.6) is 0 Å². The molecule has 0 atom stereocenters. The number of hydrogen-bond donors (Lipinski definition) is 0. The Hall–Kier alpha value is -0.534. The van der Waals surface area contributed by atoms with Crippen LogP contribution in [0.4, 0.5) is 0 Å². The zero-order valence-electron chi connectivity index (χ0n) is 11.1. The second-order valence-corrected chi connectivity index (χ2v) is 19.1. The van der Waals surface area contributed by atoms with Gasteiger partial charge < -0.3 is 0 Å². The van der Waals surface area contributed by atoms with Crippen LogP contribution in [-0.2, 0) is 10.5 Å². The first-order valence-electron chi connectivity index (χ1n) is 4.55. The molecule has 0 aromatic rings. The normalized spacial score (nSPS) is 18.3. The van der Waals surface area contributed by atoms with Gasteiger partial charge in [0, 0.05) is 0 Å². The van der Waals surface area contributed by atoms with Crippen LogP contribution >= 0.6 is 0 Å². The van der Waals surface area contributed by atoms with E-state index in [9.17, 15) is 0 Å². The molecule has 0 spiro atoms. The molecule has 0 amide bonds. The van der Waals surface area contributed by atoms with Gasteiger partial charge in [-0.1, -0.05) is 0 Å². The van der Waals surface area contributed by atoms with Crippen LogP contribution in [0, 0.1) is 0 Å². The Morgan fingerprint density at radius 3 is 1.47 bits per heavy atom. The molecule has 0 saturated heterocycles. The van der Waals surface area contributed by atoms with E-state index in [1.54, 1.807) is 4.51 Å². The quantitative estimate of drug-likeness (QED) is 0.512. The molecule has 0 radical (unpaired) electrons. The maximum absolute atomic E-state index is 3.00. The van der Waals surface area contributed by atoms with Crippen molar-refractivity contribution in [1.29, 1.82) is 0 Å². The number of allylic oxidation sites excluding steroid dienone is 4. The molecule has 1 heteroatoms. The van der Waals surface area contributed by atoms with E-state index in [4.69, 9.17) is 0 Å². The van der Waals surface area contributed by atoms with E-state index in [2.05, 4.69) is 73.8 Å². The third kappa shape index (κ3) is 6.53. The summed E-state index contributed by atoms with van der Waals surface area (Å²) in [7, 11) is -2.01. The summed E-state index contributed by atoms with van der Waals surface area (Å²) in [6, 6.07) is 0. The average Bonchev–Trinajstić information content (AvgIpc) is 2.60. The molecular weight excluding hydrogens is 227 g/mol. The van der Waals surface area contributed by atoms with Gasteiger partial charge in [0.05, 0.1) is 0 Å². The molecule has 0 aromatic heterocycles. The SMILES string of the molecule is C=C.C=C.[CH3][Co]([CH3])([CH3])([CH3])([CH3])[C]1=CC=CC1. The van der Waals surface area contributed by atoms with Crippen molar-refractivity contribution in [3.05, 3.63) is 49.1 Å². The zero-order chi connectivity index (χ0) is 12.8. The Labute approximate surface area is 95.4 Å². The summed E-state index contributed by atoms with van der Waals surface area (Å²) in [6.45, 7) is 12.0. The molecule has 93 valence electrons. The fourth-order valence-electron chi connectivity index (χ4n) is 1.03. The molecule has 0 fully saturated rings. The van der Waals surface area contributed by atoms with E-state index < -0.39 is 10.5 Å².